The van der Waals surface area contributed by atoms with E-state index in [1.807, 2.05) is 0 Å². The first-order valence-electron chi connectivity index (χ1n) is 8.68. The zero-order valence-electron chi connectivity index (χ0n) is 13.8. The Morgan fingerprint density at radius 1 is 0.909 bits per heavy atom. The SMILES string of the molecule is CN(C)c1ccc(CNC2C3CC4CC(C3)CC2C4)cc1.[Cl-]. The Kier molecular flexibility index (Phi) is 4.70. The molecule has 1 N–H and O–H groups in total. The zero-order chi connectivity index (χ0) is 14.4. The van der Waals surface area contributed by atoms with Crippen LogP contribution in [-0.4, -0.2) is 20.1 Å². The van der Waals surface area contributed by atoms with Gasteiger partial charge in [-0.2, -0.15) is 0 Å². The molecule has 2 nitrogen and oxygen atoms in total. The van der Waals surface area contributed by atoms with Gasteiger partial charge >= 0.3 is 0 Å². The third-order valence-electron chi connectivity index (χ3n) is 6.22. The second kappa shape index (κ2) is 6.41. The fourth-order valence-electron chi connectivity index (χ4n) is 5.41. The lowest BCUT2D eigenvalue weighted by atomic mass is 9.54. The molecule has 0 radical (unpaired) electrons. The molecule has 4 bridgehead atoms. The maximum Gasteiger partial charge on any atom is 0.0361 e. The average Bonchev–Trinajstić information content (AvgIpc) is 2.46. The molecule has 5 rings (SSSR count). The van der Waals surface area contributed by atoms with Crippen LogP contribution in [0.3, 0.4) is 0 Å². The summed E-state index contributed by atoms with van der Waals surface area (Å²) in [6.45, 7) is 1.04. The first-order valence-corrected chi connectivity index (χ1v) is 8.68. The number of hydrogen-bond acceptors (Lipinski definition) is 2. The maximum absolute atomic E-state index is 3.92. The van der Waals surface area contributed by atoms with Crippen molar-refractivity contribution in [1.29, 1.82) is 0 Å². The van der Waals surface area contributed by atoms with Gasteiger partial charge in [0.25, 0.3) is 0 Å². The van der Waals surface area contributed by atoms with Gasteiger partial charge < -0.3 is 22.6 Å². The Morgan fingerprint density at radius 3 is 1.95 bits per heavy atom. The molecule has 122 valence electrons. The van der Waals surface area contributed by atoms with Gasteiger partial charge in [0.1, 0.15) is 0 Å². The molecule has 0 spiro atoms. The summed E-state index contributed by atoms with van der Waals surface area (Å²) in [6, 6.07) is 9.81. The van der Waals surface area contributed by atoms with Crippen LogP contribution in [0.4, 0.5) is 5.69 Å². The molecule has 0 atom stereocenters. The van der Waals surface area contributed by atoms with Crippen LogP contribution >= 0.6 is 0 Å². The van der Waals surface area contributed by atoms with Gasteiger partial charge in [0.05, 0.1) is 0 Å². The average molecular weight is 320 g/mol. The van der Waals surface area contributed by atoms with Crippen LogP contribution in [0.2, 0.25) is 0 Å². The minimum atomic E-state index is 0. The summed E-state index contributed by atoms with van der Waals surface area (Å²) in [5.41, 5.74) is 2.71. The molecule has 22 heavy (non-hydrogen) atoms. The highest BCUT2D eigenvalue weighted by molar-refractivity contribution is 5.45. The van der Waals surface area contributed by atoms with Crippen molar-refractivity contribution in [2.45, 2.75) is 44.7 Å². The summed E-state index contributed by atoms with van der Waals surface area (Å²) in [4.78, 5) is 2.16. The molecular weight excluding hydrogens is 292 g/mol. The Labute approximate surface area is 141 Å². The monoisotopic (exact) mass is 319 g/mol. The Bertz CT molecular complexity index is 469. The second-order valence-corrected chi connectivity index (χ2v) is 7.90. The lowest BCUT2D eigenvalue weighted by Gasteiger charge is -2.54. The van der Waals surface area contributed by atoms with E-state index in [0.717, 1.165) is 36.3 Å². The molecular formula is C19H28ClN2-. The number of nitrogens with zero attached hydrogens (tertiary/aromatic N) is 1. The molecule has 1 aromatic rings. The standard InChI is InChI=1S/C19H28N2.ClH/c1-21(2)18-5-3-13(4-6-18)12-20-19-16-8-14-7-15(10-16)11-17(19)9-14;/h3-6,14-17,19-20H,7-12H2,1-2H3;1H/p-1. The number of benzene rings is 1. The maximum atomic E-state index is 3.92. The van der Waals surface area contributed by atoms with Gasteiger partial charge in [-0.1, -0.05) is 12.1 Å². The first kappa shape index (κ1) is 16.1. The molecule has 4 aliphatic rings. The molecule has 0 heterocycles. The summed E-state index contributed by atoms with van der Waals surface area (Å²) < 4.78 is 0. The number of halogens is 1. The lowest BCUT2D eigenvalue weighted by Crippen LogP contribution is -3.00. The predicted molar refractivity (Wildman–Crippen MR) is 88.4 cm³/mol. The van der Waals surface area contributed by atoms with Gasteiger partial charge in [-0.25, -0.2) is 0 Å². The Morgan fingerprint density at radius 2 is 1.45 bits per heavy atom. The summed E-state index contributed by atoms with van der Waals surface area (Å²) in [5, 5.41) is 3.92. The van der Waals surface area contributed by atoms with E-state index in [-0.39, 0.29) is 12.4 Å². The van der Waals surface area contributed by atoms with Crippen molar-refractivity contribution in [2.24, 2.45) is 23.7 Å². The largest absolute Gasteiger partial charge is 1.00 e. The van der Waals surface area contributed by atoms with Crippen LogP contribution in [0.25, 0.3) is 0 Å². The topological polar surface area (TPSA) is 15.3 Å². The summed E-state index contributed by atoms with van der Waals surface area (Å²) in [5.74, 6) is 4.10. The van der Waals surface area contributed by atoms with Crippen molar-refractivity contribution in [3.05, 3.63) is 29.8 Å². The highest BCUT2D eigenvalue weighted by Gasteiger charge is 2.47. The number of anilines is 1. The third-order valence-corrected chi connectivity index (χ3v) is 6.22. The van der Waals surface area contributed by atoms with Gasteiger partial charge in [-0.3, -0.25) is 0 Å². The van der Waals surface area contributed by atoms with E-state index < -0.39 is 0 Å². The van der Waals surface area contributed by atoms with E-state index >= 15 is 0 Å². The fraction of sp³-hybridized carbons (Fsp3) is 0.684. The summed E-state index contributed by atoms with van der Waals surface area (Å²) in [6.07, 6.45) is 7.56. The van der Waals surface area contributed by atoms with Gasteiger partial charge in [0.15, 0.2) is 0 Å². The first-order chi connectivity index (χ1) is 10.2. The van der Waals surface area contributed by atoms with E-state index in [4.69, 9.17) is 0 Å². The molecule has 0 amide bonds. The highest BCUT2D eigenvalue weighted by atomic mass is 35.5. The van der Waals surface area contributed by atoms with Crippen molar-refractivity contribution in [2.75, 3.05) is 19.0 Å². The van der Waals surface area contributed by atoms with Crippen LogP contribution in [0.15, 0.2) is 24.3 Å². The summed E-state index contributed by atoms with van der Waals surface area (Å²) >= 11 is 0. The normalized spacial score (nSPS) is 35.3. The van der Waals surface area contributed by atoms with Crippen molar-refractivity contribution in [3.63, 3.8) is 0 Å². The molecule has 0 unspecified atom stereocenters. The van der Waals surface area contributed by atoms with Crippen molar-refractivity contribution in [3.8, 4) is 0 Å². The van der Waals surface area contributed by atoms with E-state index in [2.05, 4.69) is 48.6 Å². The third kappa shape index (κ3) is 3.00. The molecule has 4 aliphatic carbocycles. The van der Waals surface area contributed by atoms with Gasteiger partial charge in [-0.15, -0.1) is 0 Å². The number of nitrogens with one attached hydrogen (secondary N) is 1. The van der Waals surface area contributed by atoms with E-state index in [0.29, 0.717) is 0 Å². The van der Waals surface area contributed by atoms with Crippen LogP contribution in [0, 0.1) is 23.7 Å². The highest BCUT2D eigenvalue weighted by Crippen LogP contribution is 2.53. The van der Waals surface area contributed by atoms with Crippen molar-refractivity contribution < 1.29 is 12.4 Å². The second-order valence-electron chi connectivity index (χ2n) is 7.90. The van der Waals surface area contributed by atoms with E-state index in [1.165, 1.54) is 36.9 Å². The van der Waals surface area contributed by atoms with E-state index in [9.17, 15) is 0 Å². The smallest absolute Gasteiger partial charge is 0.0361 e. The molecule has 0 aliphatic heterocycles. The van der Waals surface area contributed by atoms with E-state index in [1.54, 1.807) is 6.42 Å². The minimum Gasteiger partial charge on any atom is -1.00 e. The molecule has 0 aromatic heterocycles. The summed E-state index contributed by atoms with van der Waals surface area (Å²) in [7, 11) is 4.20. The molecule has 1 aromatic carbocycles. The van der Waals surface area contributed by atoms with Gasteiger partial charge in [0.2, 0.25) is 0 Å². The quantitative estimate of drug-likeness (QED) is 0.877. The molecule has 0 saturated heterocycles. The van der Waals surface area contributed by atoms with Crippen LogP contribution in [0.5, 0.6) is 0 Å². The molecule has 4 fully saturated rings. The number of rotatable bonds is 4. The van der Waals surface area contributed by atoms with Gasteiger partial charge in [0, 0.05) is 32.4 Å². The minimum absolute atomic E-state index is 0. The molecule has 4 saturated carbocycles. The number of hydrogen-bond donors (Lipinski definition) is 1. The van der Waals surface area contributed by atoms with Crippen molar-refractivity contribution in [1.82, 2.24) is 5.32 Å². The van der Waals surface area contributed by atoms with Crippen molar-refractivity contribution >= 4 is 5.69 Å². The van der Waals surface area contributed by atoms with Crippen LogP contribution in [-0.2, 0) is 6.54 Å². The fourth-order valence-corrected chi connectivity index (χ4v) is 5.41. The van der Waals surface area contributed by atoms with Crippen LogP contribution < -0.4 is 22.6 Å². The predicted octanol–water partition coefficient (Wildman–Crippen LogP) is 0.671. The Balaban J connectivity index is 0.00000144. The Hall–Kier alpha value is -0.730. The van der Waals surface area contributed by atoms with Crippen LogP contribution in [0.1, 0.15) is 37.7 Å². The lowest BCUT2D eigenvalue weighted by molar-refractivity contribution is -0.0142. The van der Waals surface area contributed by atoms with Gasteiger partial charge in [-0.05, 0) is 73.5 Å². The molecule has 3 heteroatoms. The zero-order valence-corrected chi connectivity index (χ0v) is 14.5.